The smallest absolute Gasteiger partial charge is 0.406 e. The molecule has 0 fully saturated rings. The van der Waals surface area contributed by atoms with Crippen molar-refractivity contribution in [1.82, 2.24) is 0 Å². The van der Waals surface area contributed by atoms with Crippen molar-refractivity contribution in [1.29, 1.82) is 0 Å². The third-order valence-electron chi connectivity index (χ3n) is 3.72. The monoisotopic (exact) mass is 274 g/mol. The van der Waals surface area contributed by atoms with Gasteiger partial charge in [0.1, 0.15) is 27.3 Å². The zero-order valence-corrected chi connectivity index (χ0v) is 11.7. The first-order valence-corrected chi connectivity index (χ1v) is 5.90. The molecule has 0 saturated heterocycles. The molecule has 0 saturated carbocycles. The average molecular weight is 274 g/mol. The molecule has 1 aromatic carbocycles. The van der Waals surface area contributed by atoms with E-state index in [4.69, 9.17) is 0 Å². The van der Waals surface area contributed by atoms with Crippen molar-refractivity contribution in [2.45, 2.75) is 32.3 Å². The van der Waals surface area contributed by atoms with E-state index >= 15 is 0 Å². The topological polar surface area (TPSA) is 9.23 Å². The number of rotatable bonds is 2. The van der Waals surface area contributed by atoms with Crippen molar-refractivity contribution in [2.24, 2.45) is 5.41 Å². The Balaban J connectivity index is 3.25. The van der Waals surface area contributed by atoms with Gasteiger partial charge in [-0.1, -0.05) is 26.0 Å². The second-order valence-corrected chi connectivity index (χ2v) is 6.06. The molecule has 0 spiro atoms. The van der Waals surface area contributed by atoms with E-state index in [2.05, 4.69) is 4.74 Å². The van der Waals surface area contributed by atoms with Crippen molar-refractivity contribution in [3.63, 3.8) is 0 Å². The van der Waals surface area contributed by atoms with Gasteiger partial charge in [0.15, 0.2) is 0 Å². The molecule has 0 aliphatic rings. The number of hydrogen-bond donors (Lipinski definition) is 0. The van der Waals surface area contributed by atoms with Crippen molar-refractivity contribution < 1.29 is 22.3 Å². The van der Waals surface area contributed by atoms with Crippen LogP contribution in [-0.2, 0) is 5.21 Å². The highest BCUT2D eigenvalue weighted by molar-refractivity contribution is 6.40. The average Bonchev–Trinajstić information content (AvgIpc) is 2.16. The lowest BCUT2D eigenvalue weighted by atomic mass is 9.41. The largest absolute Gasteiger partial charge is 0.573 e. The molecular formula is C12H16B2F4O. The van der Waals surface area contributed by atoms with Gasteiger partial charge in [-0.2, -0.15) is 0 Å². The summed E-state index contributed by atoms with van der Waals surface area (Å²) in [5.74, 6) is -0.935. The minimum Gasteiger partial charge on any atom is -0.406 e. The Bertz CT molecular complexity index is 464. The van der Waals surface area contributed by atoms with Crippen molar-refractivity contribution >= 4 is 15.7 Å². The zero-order valence-electron chi connectivity index (χ0n) is 11.7. The molecule has 0 aromatic heterocycles. The van der Waals surface area contributed by atoms with Crippen LogP contribution in [0.3, 0.4) is 0 Å². The van der Waals surface area contributed by atoms with Gasteiger partial charge in [0.2, 0.25) is 0 Å². The van der Waals surface area contributed by atoms with E-state index in [9.17, 15) is 17.6 Å². The Kier molecular flexibility index (Phi) is 3.99. The van der Waals surface area contributed by atoms with Crippen molar-refractivity contribution in [3.8, 4) is 5.75 Å². The molecule has 7 heteroatoms. The molecular weight excluding hydrogens is 258 g/mol. The first-order chi connectivity index (χ1) is 8.34. The van der Waals surface area contributed by atoms with Gasteiger partial charge in [0.25, 0.3) is 0 Å². The van der Waals surface area contributed by atoms with Crippen LogP contribution < -0.4 is 4.74 Å². The van der Waals surface area contributed by atoms with E-state index in [0.717, 1.165) is 18.2 Å². The van der Waals surface area contributed by atoms with E-state index in [0.29, 0.717) is 0 Å². The van der Waals surface area contributed by atoms with Gasteiger partial charge < -0.3 is 4.74 Å². The minimum absolute atomic E-state index is 0.210. The van der Waals surface area contributed by atoms with Crippen LogP contribution in [0, 0.1) is 11.2 Å². The molecule has 1 nitrogen and oxygen atoms in total. The lowest BCUT2D eigenvalue weighted by molar-refractivity contribution is -0.274. The predicted octanol–water partition coefficient (Wildman–Crippen LogP) is 2.19. The molecule has 0 N–H and O–H groups in total. The van der Waals surface area contributed by atoms with Crippen LogP contribution in [0.1, 0.15) is 26.3 Å². The molecule has 1 rings (SSSR count). The Hall–Kier alpha value is -1.13. The van der Waals surface area contributed by atoms with Gasteiger partial charge >= 0.3 is 6.36 Å². The predicted molar refractivity (Wildman–Crippen MR) is 71.3 cm³/mol. The Morgan fingerprint density at radius 1 is 1.05 bits per heavy atom. The van der Waals surface area contributed by atoms with Crippen LogP contribution in [0.4, 0.5) is 17.6 Å². The molecule has 0 radical (unpaired) electrons. The van der Waals surface area contributed by atoms with E-state index in [1.54, 1.807) is 15.7 Å². The molecule has 104 valence electrons. The fourth-order valence-corrected chi connectivity index (χ4v) is 1.58. The molecule has 0 atom stereocenters. The minimum atomic E-state index is -4.78. The summed E-state index contributed by atoms with van der Waals surface area (Å²) in [6.07, 6.45) is -4.78. The van der Waals surface area contributed by atoms with Gasteiger partial charge in [0.05, 0.1) is 0 Å². The van der Waals surface area contributed by atoms with Crippen LogP contribution in [-0.4, -0.2) is 22.1 Å². The highest BCUT2D eigenvalue weighted by Gasteiger charge is 2.37. The third-order valence-corrected chi connectivity index (χ3v) is 3.72. The molecule has 0 bridgehead atoms. The SMILES string of the molecule is BC(B)(c1cc(OC(F)(F)F)ccc1F)C(C)(C)C. The molecule has 19 heavy (non-hydrogen) atoms. The number of benzene rings is 1. The maximum atomic E-state index is 13.9. The van der Waals surface area contributed by atoms with Gasteiger partial charge in [-0.3, -0.25) is 0 Å². The van der Waals surface area contributed by atoms with E-state index < -0.39 is 23.1 Å². The van der Waals surface area contributed by atoms with Gasteiger partial charge in [-0.15, -0.1) is 13.2 Å². The van der Waals surface area contributed by atoms with Crippen LogP contribution in [0.25, 0.3) is 0 Å². The number of hydrogen-bond acceptors (Lipinski definition) is 1. The third kappa shape index (κ3) is 3.67. The quantitative estimate of drug-likeness (QED) is 0.593. The highest BCUT2D eigenvalue weighted by atomic mass is 19.4. The summed E-state index contributed by atoms with van der Waals surface area (Å²) < 4.78 is 54.3. The Morgan fingerprint density at radius 2 is 1.58 bits per heavy atom. The lowest BCUT2D eigenvalue weighted by Crippen LogP contribution is -2.42. The summed E-state index contributed by atoms with van der Waals surface area (Å²) >= 11 is 0. The maximum Gasteiger partial charge on any atom is 0.573 e. The van der Waals surface area contributed by atoms with Gasteiger partial charge in [-0.05, 0) is 29.2 Å². The standard InChI is InChI=1S/C12H16B2F4O/c1-10(2,3)11(13,14)8-6-7(4-5-9(8)15)19-12(16,17)18/h4-6H,13-14H2,1-3H3. The van der Waals surface area contributed by atoms with Crippen molar-refractivity contribution in [3.05, 3.63) is 29.6 Å². The van der Waals surface area contributed by atoms with Gasteiger partial charge in [0, 0.05) is 0 Å². The normalized spacial score (nSPS) is 13.4. The molecule has 0 aliphatic carbocycles. The van der Waals surface area contributed by atoms with E-state index in [1.165, 1.54) is 0 Å². The lowest BCUT2D eigenvalue weighted by Gasteiger charge is -2.40. The summed E-state index contributed by atoms with van der Waals surface area (Å²) in [5, 5.41) is -0.637. The second kappa shape index (κ2) is 4.76. The molecule has 0 unspecified atom stereocenters. The summed E-state index contributed by atoms with van der Waals surface area (Å²) in [5.41, 5.74) is -0.105. The van der Waals surface area contributed by atoms with Crippen LogP contribution in [0.5, 0.6) is 5.75 Å². The van der Waals surface area contributed by atoms with E-state index in [1.807, 2.05) is 20.8 Å². The van der Waals surface area contributed by atoms with Gasteiger partial charge in [-0.25, -0.2) is 4.39 Å². The molecule has 0 aliphatic heterocycles. The fraction of sp³-hybridized carbons (Fsp3) is 0.500. The fourth-order valence-electron chi connectivity index (χ4n) is 1.58. The van der Waals surface area contributed by atoms with Crippen LogP contribution in [0.15, 0.2) is 18.2 Å². The molecule has 0 heterocycles. The first kappa shape index (κ1) is 15.9. The zero-order chi connectivity index (χ0) is 15.1. The summed E-state index contributed by atoms with van der Waals surface area (Å²) in [6, 6.07) is 3.10. The summed E-state index contributed by atoms with van der Waals surface area (Å²) in [4.78, 5) is 0. The Morgan fingerprint density at radius 3 is 2.00 bits per heavy atom. The van der Waals surface area contributed by atoms with Crippen LogP contribution >= 0.6 is 0 Å². The summed E-state index contributed by atoms with van der Waals surface area (Å²) in [7, 11) is 3.59. The maximum absolute atomic E-state index is 13.9. The molecule has 1 aromatic rings. The number of halogens is 4. The second-order valence-electron chi connectivity index (χ2n) is 6.06. The number of alkyl halides is 3. The Labute approximate surface area is 112 Å². The molecule has 0 amide bonds. The number of ether oxygens (including phenoxy) is 1. The summed E-state index contributed by atoms with van der Waals surface area (Å²) in [6.45, 7) is 5.72. The first-order valence-electron chi connectivity index (χ1n) is 5.90. The van der Waals surface area contributed by atoms with E-state index in [-0.39, 0.29) is 11.0 Å². The highest BCUT2D eigenvalue weighted by Crippen LogP contribution is 2.39. The van der Waals surface area contributed by atoms with Crippen molar-refractivity contribution in [2.75, 3.05) is 0 Å². The van der Waals surface area contributed by atoms with Crippen LogP contribution in [0.2, 0.25) is 0 Å².